The SMILES string of the molecule is Cc1ccc(C)c(OCC(=O)N2CCC(Oc3ccc(F)c(F)c3)CC2)c1. The van der Waals surface area contributed by atoms with Crippen LogP contribution >= 0.6 is 0 Å². The van der Waals surface area contributed by atoms with Crippen LogP contribution in [0.15, 0.2) is 36.4 Å². The summed E-state index contributed by atoms with van der Waals surface area (Å²) in [6.07, 6.45) is 1.14. The van der Waals surface area contributed by atoms with Crippen LogP contribution in [0.3, 0.4) is 0 Å². The Kier molecular flexibility index (Phi) is 5.94. The number of benzene rings is 2. The lowest BCUT2D eigenvalue weighted by molar-refractivity contribution is -0.135. The van der Waals surface area contributed by atoms with Crippen molar-refractivity contribution in [2.24, 2.45) is 0 Å². The quantitative estimate of drug-likeness (QED) is 0.792. The average molecular weight is 375 g/mol. The first-order chi connectivity index (χ1) is 12.9. The normalized spacial score (nSPS) is 14.9. The molecule has 0 spiro atoms. The summed E-state index contributed by atoms with van der Waals surface area (Å²) in [7, 11) is 0. The lowest BCUT2D eigenvalue weighted by Crippen LogP contribution is -2.43. The molecule has 1 fully saturated rings. The number of nitrogens with zero attached hydrogens (tertiary/aromatic N) is 1. The van der Waals surface area contributed by atoms with E-state index in [4.69, 9.17) is 9.47 Å². The van der Waals surface area contributed by atoms with Crippen molar-refractivity contribution < 1.29 is 23.0 Å². The predicted molar refractivity (Wildman–Crippen MR) is 98.0 cm³/mol. The Balaban J connectivity index is 1.47. The molecule has 0 aromatic heterocycles. The minimum Gasteiger partial charge on any atom is -0.490 e. The molecule has 0 aliphatic carbocycles. The molecule has 0 bridgehead atoms. The number of likely N-dealkylation sites (tertiary alicyclic amines) is 1. The third-order valence-electron chi connectivity index (χ3n) is 4.68. The molecule has 4 nitrogen and oxygen atoms in total. The second kappa shape index (κ2) is 8.37. The van der Waals surface area contributed by atoms with Gasteiger partial charge in [0.15, 0.2) is 18.2 Å². The van der Waals surface area contributed by atoms with Crippen molar-refractivity contribution in [2.45, 2.75) is 32.8 Å². The van der Waals surface area contributed by atoms with E-state index in [1.54, 1.807) is 4.90 Å². The molecule has 0 radical (unpaired) electrons. The highest BCUT2D eigenvalue weighted by Gasteiger charge is 2.24. The van der Waals surface area contributed by atoms with Gasteiger partial charge in [0, 0.05) is 32.0 Å². The molecule has 1 heterocycles. The lowest BCUT2D eigenvalue weighted by Gasteiger charge is -2.32. The Labute approximate surface area is 157 Å². The Morgan fingerprint density at radius 1 is 1.07 bits per heavy atom. The summed E-state index contributed by atoms with van der Waals surface area (Å²) in [5.74, 6) is -0.866. The molecule has 144 valence electrons. The fourth-order valence-corrected chi connectivity index (χ4v) is 3.06. The molecule has 0 saturated carbocycles. The van der Waals surface area contributed by atoms with Crippen LogP contribution in [0.2, 0.25) is 0 Å². The van der Waals surface area contributed by atoms with Crippen molar-refractivity contribution in [1.29, 1.82) is 0 Å². The number of rotatable bonds is 5. The molecule has 0 N–H and O–H groups in total. The molecule has 3 rings (SSSR count). The zero-order valence-corrected chi connectivity index (χ0v) is 15.5. The highest BCUT2D eigenvalue weighted by Crippen LogP contribution is 2.22. The van der Waals surface area contributed by atoms with Gasteiger partial charge in [-0.15, -0.1) is 0 Å². The Morgan fingerprint density at radius 2 is 1.81 bits per heavy atom. The number of carbonyl (C=O) groups is 1. The smallest absolute Gasteiger partial charge is 0.260 e. The molecule has 27 heavy (non-hydrogen) atoms. The van der Waals surface area contributed by atoms with E-state index in [-0.39, 0.29) is 18.6 Å². The van der Waals surface area contributed by atoms with Crippen LogP contribution in [0.1, 0.15) is 24.0 Å². The van der Waals surface area contributed by atoms with Crippen molar-refractivity contribution >= 4 is 5.91 Å². The predicted octanol–water partition coefficient (Wildman–Crippen LogP) is 4.03. The van der Waals surface area contributed by atoms with Gasteiger partial charge in [-0.25, -0.2) is 8.78 Å². The molecule has 0 unspecified atom stereocenters. The summed E-state index contributed by atoms with van der Waals surface area (Å²) in [5, 5.41) is 0. The van der Waals surface area contributed by atoms with Crippen molar-refractivity contribution in [1.82, 2.24) is 4.90 Å². The van der Waals surface area contributed by atoms with E-state index in [9.17, 15) is 13.6 Å². The number of hydrogen-bond acceptors (Lipinski definition) is 3. The molecule has 1 saturated heterocycles. The van der Waals surface area contributed by atoms with Crippen LogP contribution in [0.5, 0.6) is 11.5 Å². The van der Waals surface area contributed by atoms with Gasteiger partial charge in [-0.3, -0.25) is 4.79 Å². The van der Waals surface area contributed by atoms with Crippen LogP contribution < -0.4 is 9.47 Å². The topological polar surface area (TPSA) is 38.8 Å². The molecular formula is C21H23F2NO3. The van der Waals surface area contributed by atoms with E-state index in [2.05, 4.69) is 0 Å². The average Bonchev–Trinajstić information content (AvgIpc) is 2.66. The Morgan fingerprint density at radius 3 is 2.52 bits per heavy atom. The summed E-state index contributed by atoms with van der Waals surface area (Å²) >= 11 is 0. The monoisotopic (exact) mass is 375 g/mol. The van der Waals surface area contributed by atoms with E-state index in [0.717, 1.165) is 29.0 Å². The zero-order chi connectivity index (χ0) is 19.4. The number of aryl methyl sites for hydroxylation is 2. The number of hydrogen-bond donors (Lipinski definition) is 0. The maximum atomic E-state index is 13.3. The summed E-state index contributed by atoms with van der Waals surface area (Å²) < 4.78 is 37.6. The Bertz CT molecular complexity index is 817. The van der Waals surface area contributed by atoms with Gasteiger partial charge in [-0.05, 0) is 43.2 Å². The minimum atomic E-state index is -0.927. The third kappa shape index (κ3) is 4.96. The van der Waals surface area contributed by atoms with Crippen LogP contribution in [0.25, 0.3) is 0 Å². The highest BCUT2D eigenvalue weighted by molar-refractivity contribution is 5.77. The van der Waals surface area contributed by atoms with E-state index in [1.807, 2.05) is 32.0 Å². The largest absolute Gasteiger partial charge is 0.490 e. The first-order valence-electron chi connectivity index (χ1n) is 9.02. The van der Waals surface area contributed by atoms with Crippen LogP contribution in [0, 0.1) is 25.5 Å². The molecular weight excluding hydrogens is 352 g/mol. The fraction of sp³-hybridized carbons (Fsp3) is 0.381. The molecule has 6 heteroatoms. The van der Waals surface area contributed by atoms with Gasteiger partial charge in [0.05, 0.1) is 0 Å². The van der Waals surface area contributed by atoms with Crippen LogP contribution in [-0.4, -0.2) is 36.6 Å². The number of carbonyl (C=O) groups excluding carboxylic acids is 1. The minimum absolute atomic E-state index is 0.00100. The molecule has 1 aliphatic rings. The van der Waals surface area contributed by atoms with Crippen molar-refractivity contribution in [3.8, 4) is 11.5 Å². The van der Waals surface area contributed by atoms with Crippen molar-refractivity contribution in [3.63, 3.8) is 0 Å². The van der Waals surface area contributed by atoms with Crippen LogP contribution in [-0.2, 0) is 4.79 Å². The van der Waals surface area contributed by atoms with E-state index in [0.29, 0.717) is 31.7 Å². The number of piperidine rings is 1. The van der Waals surface area contributed by atoms with E-state index < -0.39 is 11.6 Å². The number of ether oxygens (including phenoxy) is 2. The van der Waals surface area contributed by atoms with Gasteiger partial charge in [0.1, 0.15) is 17.6 Å². The van der Waals surface area contributed by atoms with Gasteiger partial charge < -0.3 is 14.4 Å². The van der Waals surface area contributed by atoms with Crippen molar-refractivity contribution in [3.05, 3.63) is 59.2 Å². The van der Waals surface area contributed by atoms with E-state index in [1.165, 1.54) is 6.07 Å². The summed E-state index contributed by atoms with van der Waals surface area (Å²) in [6, 6.07) is 9.40. The molecule has 1 aliphatic heterocycles. The molecule has 0 atom stereocenters. The van der Waals surface area contributed by atoms with Crippen molar-refractivity contribution in [2.75, 3.05) is 19.7 Å². The molecule has 2 aromatic rings. The van der Waals surface area contributed by atoms with Gasteiger partial charge in [-0.2, -0.15) is 0 Å². The first kappa shape index (κ1) is 19.1. The molecule has 2 aromatic carbocycles. The maximum absolute atomic E-state index is 13.3. The van der Waals surface area contributed by atoms with Gasteiger partial charge in [-0.1, -0.05) is 12.1 Å². The third-order valence-corrected chi connectivity index (χ3v) is 4.68. The fourth-order valence-electron chi connectivity index (χ4n) is 3.06. The van der Waals surface area contributed by atoms with Gasteiger partial charge >= 0.3 is 0 Å². The zero-order valence-electron chi connectivity index (χ0n) is 15.5. The standard InChI is InChI=1S/C21H23F2NO3/c1-14-3-4-15(2)20(11-14)26-13-21(25)24-9-7-16(8-10-24)27-17-5-6-18(22)19(23)12-17/h3-6,11-12,16H,7-10,13H2,1-2H3. The first-order valence-corrected chi connectivity index (χ1v) is 9.02. The van der Waals surface area contributed by atoms with E-state index >= 15 is 0 Å². The number of amides is 1. The van der Waals surface area contributed by atoms with Gasteiger partial charge in [0.25, 0.3) is 5.91 Å². The Hall–Kier alpha value is -2.63. The highest BCUT2D eigenvalue weighted by atomic mass is 19.2. The maximum Gasteiger partial charge on any atom is 0.260 e. The lowest BCUT2D eigenvalue weighted by atomic mass is 10.1. The summed E-state index contributed by atoms with van der Waals surface area (Å²) in [6.45, 7) is 5.01. The number of halogens is 2. The second-order valence-corrected chi connectivity index (χ2v) is 6.83. The summed E-state index contributed by atoms with van der Waals surface area (Å²) in [5.41, 5.74) is 2.07. The summed E-state index contributed by atoms with van der Waals surface area (Å²) in [4.78, 5) is 14.1. The van der Waals surface area contributed by atoms with Crippen LogP contribution in [0.4, 0.5) is 8.78 Å². The van der Waals surface area contributed by atoms with Gasteiger partial charge in [0.2, 0.25) is 0 Å². The second-order valence-electron chi connectivity index (χ2n) is 6.83. The molecule has 1 amide bonds.